The predicted octanol–water partition coefficient (Wildman–Crippen LogP) is 4.85. The number of para-hydroxylation sites is 2. The maximum Gasteiger partial charge on any atom is 0.418 e. The maximum absolute atomic E-state index is 13.1. The number of carbonyl (C=O) groups is 2. The van der Waals surface area contributed by atoms with Crippen molar-refractivity contribution in [3.63, 3.8) is 0 Å². The number of nitrogens with zero attached hydrogens (tertiary/aromatic N) is 2. The number of thioether (sulfide) groups is 1. The van der Waals surface area contributed by atoms with Crippen molar-refractivity contribution in [2.45, 2.75) is 17.8 Å². The first-order chi connectivity index (χ1) is 14.3. The second-order valence-electron chi connectivity index (χ2n) is 6.37. The highest BCUT2D eigenvalue weighted by atomic mass is 32.2. The third-order valence-corrected chi connectivity index (χ3v) is 5.37. The van der Waals surface area contributed by atoms with E-state index in [0.29, 0.717) is 10.9 Å². The molecule has 156 valence electrons. The molecular formula is C21H18F3N3O2S. The van der Waals surface area contributed by atoms with E-state index < -0.39 is 22.9 Å². The van der Waals surface area contributed by atoms with Gasteiger partial charge in [0, 0.05) is 13.0 Å². The molecule has 0 aliphatic carbocycles. The average Bonchev–Trinajstić information content (AvgIpc) is 2.97. The molecule has 3 rings (SSSR count). The van der Waals surface area contributed by atoms with Crippen molar-refractivity contribution in [1.29, 1.82) is 0 Å². The molecule has 1 saturated heterocycles. The molecule has 0 aromatic heterocycles. The van der Waals surface area contributed by atoms with E-state index in [-0.39, 0.29) is 24.6 Å². The lowest BCUT2D eigenvalue weighted by molar-refractivity contribution is -0.137. The molecule has 5 nitrogen and oxygen atoms in total. The lowest BCUT2D eigenvalue weighted by atomic mass is 10.1. The van der Waals surface area contributed by atoms with Gasteiger partial charge in [0.15, 0.2) is 5.17 Å². The predicted molar refractivity (Wildman–Crippen MR) is 112 cm³/mol. The summed E-state index contributed by atoms with van der Waals surface area (Å²) in [4.78, 5) is 31.0. The van der Waals surface area contributed by atoms with E-state index in [9.17, 15) is 22.8 Å². The van der Waals surface area contributed by atoms with Gasteiger partial charge >= 0.3 is 6.18 Å². The van der Waals surface area contributed by atoms with Crippen molar-refractivity contribution in [2.75, 3.05) is 11.9 Å². The number of halogens is 3. The standard InChI is InChI=1S/C21H18F3N3O2S/c1-2-12-27-19(29)17(30-20(27)25-14-8-4-3-5-9-14)13-18(28)26-16-11-7-6-10-15(16)21(22,23)24/h2-11,17H,1,12-13H2,(H,26,28). The summed E-state index contributed by atoms with van der Waals surface area (Å²) >= 11 is 1.11. The number of nitrogens with one attached hydrogen (secondary N) is 1. The molecule has 1 unspecified atom stereocenters. The number of aliphatic imine (C=N–C) groups is 1. The Bertz CT molecular complexity index is 977. The summed E-state index contributed by atoms with van der Waals surface area (Å²) in [7, 11) is 0. The zero-order valence-corrected chi connectivity index (χ0v) is 16.5. The summed E-state index contributed by atoms with van der Waals surface area (Å²) in [5.41, 5.74) is -0.638. The summed E-state index contributed by atoms with van der Waals surface area (Å²) in [5, 5.41) is 1.90. The molecule has 30 heavy (non-hydrogen) atoms. The Hall–Kier alpha value is -3.07. The van der Waals surface area contributed by atoms with E-state index in [1.54, 1.807) is 18.2 Å². The van der Waals surface area contributed by atoms with Gasteiger partial charge in [0.2, 0.25) is 11.8 Å². The Morgan fingerprint density at radius 1 is 1.17 bits per heavy atom. The lowest BCUT2D eigenvalue weighted by Crippen LogP contribution is -2.33. The summed E-state index contributed by atoms with van der Waals surface area (Å²) in [6.07, 6.45) is -3.34. The zero-order valence-electron chi connectivity index (χ0n) is 15.7. The smallest absolute Gasteiger partial charge is 0.325 e. The molecule has 2 aromatic carbocycles. The molecule has 9 heteroatoms. The molecule has 1 atom stereocenters. The van der Waals surface area contributed by atoms with Crippen molar-refractivity contribution >= 4 is 40.1 Å². The minimum absolute atomic E-state index is 0.215. The summed E-state index contributed by atoms with van der Waals surface area (Å²) in [6, 6.07) is 13.7. The Balaban J connectivity index is 1.75. The monoisotopic (exact) mass is 433 g/mol. The number of carbonyl (C=O) groups excluding carboxylic acids is 2. The van der Waals surface area contributed by atoms with Crippen LogP contribution in [0.2, 0.25) is 0 Å². The average molecular weight is 433 g/mol. The fraction of sp³-hybridized carbons (Fsp3) is 0.190. The minimum Gasteiger partial charge on any atom is -0.325 e. The molecular weight excluding hydrogens is 415 g/mol. The van der Waals surface area contributed by atoms with Gasteiger partial charge in [-0.2, -0.15) is 13.2 Å². The van der Waals surface area contributed by atoms with Crippen molar-refractivity contribution in [3.05, 3.63) is 72.8 Å². The number of hydrogen-bond acceptors (Lipinski definition) is 4. The van der Waals surface area contributed by atoms with Crippen LogP contribution in [0.5, 0.6) is 0 Å². The number of hydrogen-bond donors (Lipinski definition) is 1. The highest BCUT2D eigenvalue weighted by Crippen LogP contribution is 2.35. The summed E-state index contributed by atoms with van der Waals surface area (Å²) in [5.74, 6) is -1.02. The molecule has 0 radical (unpaired) electrons. The first-order valence-corrected chi connectivity index (χ1v) is 9.86. The summed E-state index contributed by atoms with van der Waals surface area (Å²) < 4.78 is 39.4. The molecule has 1 aliphatic heterocycles. The maximum atomic E-state index is 13.1. The van der Waals surface area contributed by atoms with Gasteiger partial charge in [0.1, 0.15) is 5.25 Å². The molecule has 1 heterocycles. The molecule has 1 N–H and O–H groups in total. The van der Waals surface area contributed by atoms with E-state index in [4.69, 9.17) is 0 Å². The van der Waals surface area contributed by atoms with Crippen molar-refractivity contribution in [2.24, 2.45) is 4.99 Å². The van der Waals surface area contributed by atoms with Gasteiger partial charge in [-0.1, -0.05) is 48.2 Å². The van der Waals surface area contributed by atoms with E-state index in [0.717, 1.165) is 17.8 Å². The number of benzene rings is 2. The van der Waals surface area contributed by atoms with Crippen LogP contribution in [0.3, 0.4) is 0 Å². The fourth-order valence-corrected chi connectivity index (χ4v) is 4.01. The zero-order chi connectivity index (χ0) is 21.7. The van der Waals surface area contributed by atoms with Gasteiger partial charge < -0.3 is 5.32 Å². The number of alkyl halides is 3. The highest BCUT2D eigenvalue weighted by molar-refractivity contribution is 8.15. The van der Waals surface area contributed by atoms with E-state index in [2.05, 4.69) is 16.9 Å². The Kier molecular flexibility index (Phi) is 6.61. The van der Waals surface area contributed by atoms with Gasteiger partial charge in [0.05, 0.1) is 16.9 Å². The molecule has 2 aromatic rings. The second kappa shape index (κ2) is 9.17. The van der Waals surface area contributed by atoms with Crippen LogP contribution in [0.1, 0.15) is 12.0 Å². The first-order valence-electron chi connectivity index (χ1n) is 8.98. The van der Waals surface area contributed by atoms with Crippen LogP contribution in [-0.2, 0) is 15.8 Å². The van der Waals surface area contributed by atoms with Gasteiger partial charge in [-0.3, -0.25) is 14.5 Å². The minimum atomic E-state index is -4.60. The van der Waals surface area contributed by atoms with E-state index in [1.165, 1.54) is 23.1 Å². The first kappa shape index (κ1) is 21.6. The lowest BCUT2D eigenvalue weighted by Gasteiger charge is -2.15. The Morgan fingerprint density at radius 2 is 1.83 bits per heavy atom. The third kappa shape index (κ3) is 5.10. The van der Waals surface area contributed by atoms with Crippen LogP contribution < -0.4 is 5.32 Å². The van der Waals surface area contributed by atoms with Crippen LogP contribution >= 0.6 is 11.8 Å². The molecule has 2 amide bonds. The normalized spacial score (nSPS) is 18.0. The van der Waals surface area contributed by atoms with Crippen LogP contribution in [0, 0.1) is 0 Å². The van der Waals surface area contributed by atoms with E-state index >= 15 is 0 Å². The molecule has 1 fully saturated rings. The van der Waals surface area contributed by atoms with Gasteiger partial charge in [-0.05, 0) is 24.3 Å². The van der Waals surface area contributed by atoms with Crippen LogP contribution in [0.4, 0.5) is 24.5 Å². The Morgan fingerprint density at radius 3 is 2.50 bits per heavy atom. The largest absolute Gasteiger partial charge is 0.418 e. The second-order valence-corrected chi connectivity index (χ2v) is 7.54. The van der Waals surface area contributed by atoms with Gasteiger partial charge in [-0.25, -0.2) is 4.99 Å². The molecule has 0 bridgehead atoms. The van der Waals surface area contributed by atoms with Crippen molar-refractivity contribution in [1.82, 2.24) is 4.90 Å². The van der Waals surface area contributed by atoms with Crippen LogP contribution in [0.15, 0.2) is 72.2 Å². The summed E-state index contributed by atoms with van der Waals surface area (Å²) in [6.45, 7) is 3.85. The Labute approximate surface area is 175 Å². The molecule has 1 aliphatic rings. The third-order valence-electron chi connectivity index (χ3n) is 4.19. The number of rotatable bonds is 6. The number of anilines is 1. The highest BCUT2D eigenvalue weighted by Gasteiger charge is 2.39. The van der Waals surface area contributed by atoms with Gasteiger partial charge in [0.25, 0.3) is 0 Å². The van der Waals surface area contributed by atoms with Crippen molar-refractivity contribution < 1.29 is 22.8 Å². The van der Waals surface area contributed by atoms with Crippen molar-refractivity contribution in [3.8, 4) is 0 Å². The van der Waals surface area contributed by atoms with Crippen LogP contribution in [-0.4, -0.2) is 33.7 Å². The molecule has 0 spiro atoms. The topological polar surface area (TPSA) is 61.8 Å². The van der Waals surface area contributed by atoms with E-state index in [1.807, 2.05) is 18.2 Å². The SMILES string of the molecule is C=CCN1C(=O)C(CC(=O)Nc2ccccc2C(F)(F)F)SC1=Nc1ccccc1. The quantitative estimate of drug-likeness (QED) is 0.663. The van der Waals surface area contributed by atoms with Gasteiger partial charge in [-0.15, -0.1) is 6.58 Å². The fourth-order valence-electron chi connectivity index (χ4n) is 2.84. The number of amides is 2. The molecule has 0 saturated carbocycles. The number of amidine groups is 1. The van der Waals surface area contributed by atoms with Crippen LogP contribution in [0.25, 0.3) is 0 Å².